The molecule has 3 aliphatic carbocycles. The Morgan fingerprint density at radius 3 is 1.60 bits per heavy atom. The number of aryl methyl sites for hydroxylation is 1. The highest BCUT2D eigenvalue weighted by Gasteiger charge is 2.51. The van der Waals surface area contributed by atoms with Gasteiger partial charge in [-0.15, -0.1) is 0 Å². The lowest BCUT2D eigenvalue weighted by Gasteiger charge is -2.30. The number of fused-ring (bicyclic) bond motifs is 11. The molecule has 8 aromatic rings. The summed E-state index contributed by atoms with van der Waals surface area (Å²) in [7, 11) is 0. The zero-order valence-electron chi connectivity index (χ0n) is 29.1. The van der Waals surface area contributed by atoms with Gasteiger partial charge in [0.1, 0.15) is 0 Å². The topological polar surface area (TPSA) is 25.8 Å². The van der Waals surface area contributed by atoms with Gasteiger partial charge in [0.2, 0.25) is 0 Å². The van der Waals surface area contributed by atoms with Gasteiger partial charge in [0.15, 0.2) is 5.82 Å². The molecule has 0 saturated carbocycles. The first-order valence-corrected chi connectivity index (χ1v) is 18.5. The first kappa shape index (κ1) is 30.0. The van der Waals surface area contributed by atoms with Gasteiger partial charge in [-0.05, 0) is 97.8 Å². The molecule has 1 heterocycles. The van der Waals surface area contributed by atoms with E-state index in [1.807, 2.05) is 0 Å². The van der Waals surface area contributed by atoms with Crippen LogP contribution in [0.3, 0.4) is 0 Å². The summed E-state index contributed by atoms with van der Waals surface area (Å²) in [5, 5.41) is 0. The highest BCUT2D eigenvalue weighted by atomic mass is 14.9. The Balaban J connectivity index is 1.12. The maximum absolute atomic E-state index is 5.36. The minimum atomic E-state index is -0.410. The Morgan fingerprint density at radius 1 is 0.396 bits per heavy atom. The average molecular weight is 675 g/mol. The first-order valence-electron chi connectivity index (χ1n) is 18.5. The van der Waals surface area contributed by atoms with Crippen LogP contribution < -0.4 is 0 Å². The van der Waals surface area contributed by atoms with Crippen LogP contribution in [0.25, 0.3) is 73.4 Å². The van der Waals surface area contributed by atoms with E-state index in [9.17, 15) is 0 Å². The third kappa shape index (κ3) is 4.52. The van der Waals surface area contributed by atoms with Gasteiger partial charge in [-0.2, -0.15) is 0 Å². The van der Waals surface area contributed by atoms with Crippen molar-refractivity contribution in [3.05, 3.63) is 209 Å². The standard InChI is InChI=1S/C51H34N2/c1-2-12-33(13-3-1)35-22-25-36(26-23-35)48-32-49(53-50(52-48)39-27-24-34-14-4-5-15-37(34)30-39)38-28-29-43-42-18-8-11-21-46(42)51(47(43)31-38)44-19-9-6-16-40(44)41-17-7-10-20-45(41)51/h1-4,6-14,16-32H,5,15H2. The van der Waals surface area contributed by atoms with E-state index >= 15 is 0 Å². The number of rotatable bonds is 4. The van der Waals surface area contributed by atoms with E-state index in [-0.39, 0.29) is 0 Å². The molecule has 0 fully saturated rings. The number of hydrogen-bond donors (Lipinski definition) is 0. The predicted molar refractivity (Wildman–Crippen MR) is 217 cm³/mol. The lowest BCUT2D eigenvalue weighted by molar-refractivity contribution is 0.794. The third-order valence-corrected chi connectivity index (χ3v) is 11.6. The molecule has 0 bridgehead atoms. The van der Waals surface area contributed by atoms with Crippen LogP contribution in [-0.4, -0.2) is 9.97 Å². The lowest BCUT2D eigenvalue weighted by atomic mass is 9.70. The van der Waals surface area contributed by atoms with Gasteiger partial charge in [0.05, 0.1) is 16.8 Å². The zero-order valence-corrected chi connectivity index (χ0v) is 29.1. The lowest BCUT2D eigenvalue weighted by Crippen LogP contribution is -2.25. The normalized spacial score (nSPS) is 14.0. The minimum Gasteiger partial charge on any atom is -0.228 e. The molecular formula is C51H34N2. The van der Waals surface area contributed by atoms with Gasteiger partial charge >= 0.3 is 0 Å². The fourth-order valence-electron chi connectivity index (χ4n) is 9.16. The summed E-state index contributed by atoms with van der Waals surface area (Å²) in [4.78, 5) is 10.6. The number of aromatic nitrogens is 2. The molecule has 248 valence electrons. The second-order valence-corrected chi connectivity index (χ2v) is 14.4. The van der Waals surface area contributed by atoms with Crippen molar-refractivity contribution in [2.75, 3.05) is 0 Å². The number of benzene rings is 7. The Labute approximate surface area is 309 Å². The molecular weight excluding hydrogens is 641 g/mol. The summed E-state index contributed by atoms with van der Waals surface area (Å²) >= 11 is 0. The Hall–Kier alpha value is -6.64. The van der Waals surface area contributed by atoms with Crippen LogP contribution in [0, 0.1) is 0 Å². The Kier molecular flexibility index (Phi) is 6.63. The summed E-state index contributed by atoms with van der Waals surface area (Å²) < 4.78 is 0. The SMILES string of the molecule is C1=Cc2ccc(-c3nc(-c4ccc(-c5ccccc5)cc4)cc(-c4ccc5c(c4)C4(c6ccccc6-c6ccccc64)c4ccccc4-5)n3)cc2CC1. The molecule has 0 radical (unpaired) electrons. The average Bonchev–Trinajstić information content (AvgIpc) is 3.71. The maximum Gasteiger partial charge on any atom is 0.160 e. The van der Waals surface area contributed by atoms with Crippen molar-refractivity contribution < 1.29 is 0 Å². The summed E-state index contributed by atoms with van der Waals surface area (Å²) in [6, 6.07) is 62.1. The molecule has 3 aliphatic rings. The van der Waals surface area contributed by atoms with E-state index in [1.165, 1.54) is 66.8 Å². The second-order valence-electron chi connectivity index (χ2n) is 14.4. The Bertz CT molecular complexity index is 2710. The van der Waals surface area contributed by atoms with E-state index in [2.05, 4.69) is 182 Å². The minimum absolute atomic E-state index is 0.410. The molecule has 0 aliphatic heterocycles. The van der Waals surface area contributed by atoms with Gasteiger partial charge < -0.3 is 0 Å². The quantitative estimate of drug-likeness (QED) is 0.186. The van der Waals surface area contributed by atoms with Crippen LogP contribution in [0.5, 0.6) is 0 Å². The van der Waals surface area contributed by atoms with Crippen LogP contribution >= 0.6 is 0 Å². The van der Waals surface area contributed by atoms with Gasteiger partial charge in [0.25, 0.3) is 0 Å². The van der Waals surface area contributed by atoms with Crippen molar-refractivity contribution >= 4 is 6.08 Å². The molecule has 0 saturated heterocycles. The van der Waals surface area contributed by atoms with Crippen LogP contribution in [0.2, 0.25) is 0 Å². The number of nitrogens with zero attached hydrogens (tertiary/aromatic N) is 2. The summed E-state index contributed by atoms with van der Waals surface area (Å²) in [6.45, 7) is 0. The maximum atomic E-state index is 5.36. The molecule has 53 heavy (non-hydrogen) atoms. The zero-order chi connectivity index (χ0) is 34.9. The molecule has 1 spiro atoms. The highest BCUT2D eigenvalue weighted by Crippen LogP contribution is 2.63. The largest absolute Gasteiger partial charge is 0.228 e. The summed E-state index contributed by atoms with van der Waals surface area (Å²) in [6.07, 6.45) is 6.58. The summed E-state index contributed by atoms with van der Waals surface area (Å²) in [5.74, 6) is 0.747. The second kappa shape index (κ2) is 11.7. The molecule has 11 rings (SSSR count). The van der Waals surface area contributed by atoms with E-state index < -0.39 is 5.41 Å². The van der Waals surface area contributed by atoms with E-state index in [1.54, 1.807) is 0 Å². The third-order valence-electron chi connectivity index (χ3n) is 11.6. The van der Waals surface area contributed by atoms with Crippen LogP contribution in [-0.2, 0) is 11.8 Å². The molecule has 0 unspecified atom stereocenters. The molecule has 7 aromatic carbocycles. The van der Waals surface area contributed by atoms with E-state index in [0.717, 1.165) is 46.7 Å². The monoisotopic (exact) mass is 674 g/mol. The van der Waals surface area contributed by atoms with E-state index in [4.69, 9.17) is 9.97 Å². The molecule has 0 N–H and O–H groups in total. The van der Waals surface area contributed by atoms with Crippen molar-refractivity contribution in [1.82, 2.24) is 9.97 Å². The number of hydrogen-bond acceptors (Lipinski definition) is 2. The van der Waals surface area contributed by atoms with Crippen LogP contribution in [0.15, 0.2) is 176 Å². The molecule has 0 amide bonds. The van der Waals surface area contributed by atoms with Crippen molar-refractivity contribution in [3.63, 3.8) is 0 Å². The van der Waals surface area contributed by atoms with Gasteiger partial charge in [-0.3, -0.25) is 0 Å². The fourth-order valence-corrected chi connectivity index (χ4v) is 9.16. The smallest absolute Gasteiger partial charge is 0.160 e. The molecule has 2 heteroatoms. The van der Waals surface area contributed by atoms with Crippen molar-refractivity contribution in [2.24, 2.45) is 0 Å². The first-order chi connectivity index (χ1) is 26.3. The molecule has 2 nitrogen and oxygen atoms in total. The van der Waals surface area contributed by atoms with Crippen molar-refractivity contribution in [1.29, 1.82) is 0 Å². The van der Waals surface area contributed by atoms with E-state index in [0.29, 0.717) is 0 Å². The van der Waals surface area contributed by atoms with Gasteiger partial charge in [-0.25, -0.2) is 9.97 Å². The number of allylic oxidation sites excluding steroid dienone is 1. The summed E-state index contributed by atoms with van der Waals surface area (Å²) in [5.41, 5.74) is 20.2. The van der Waals surface area contributed by atoms with Crippen molar-refractivity contribution in [2.45, 2.75) is 18.3 Å². The molecule has 0 atom stereocenters. The molecule has 1 aromatic heterocycles. The van der Waals surface area contributed by atoms with Gasteiger partial charge in [0, 0.05) is 16.7 Å². The Morgan fingerprint density at radius 2 is 0.925 bits per heavy atom. The fraction of sp³-hybridized carbons (Fsp3) is 0.0588. The van der Waals surface area contributed by atoms with Crippen molar-refractivity contribution in [3.8, 4) is 67.3 Å². The van der Waals surface area contributed by atoms with Gasteiger partial charge in [-0.1, -0.05) is 164 Å². The van der Waals surface area contributed by atoms with Crippen LogP contribution in [0.1, 0.15) is 39.8 Å². The predicted octanol–water partition coefficient (Wildman–Crippen LogP) is 12.4. The van der Waals surface area contributed by atoms with Crippen LogP contribution in [0.4, 0.5) is 0 Å². The highest BCUT2D eigenvalue weighted by molar-refractivity contribution is 5.96.